The van der Waals surface area contributed by atoms with Gasteiger partial charge in [0, 0.05) is 5.92 Å². The van der Waals surface area contributed by atoms with Crippen LogP contribution in [0.5, 0.6) is 0 Å². The van der Waals surface area contributed by atoms with Crippen LogP contribution in [0.2, 0.25) is 0 Å². The first kappa shape index (κ1) is 14.0. The Balaban J connectivity index is 2.67. The summed E-state index contributed by atoms with van der Waals surface area (Å²) in [4.78, 5) is 26.4. The van der Waals surface area contributed by atoms with Gasteiger partial charge in [0.1, 0.15) is 0 Å². The van der Waals surface area contributed by atoms with Gasteiger partial charge in [-0.1, -0.05) is 25.2 Å². The number of rotatable bonds is 5. The summed E-state index contributed by atoms with van der Waals surface area (Å²) in [5.74, 6) is -0.290. The molecular weight excluding hydrogens is 258 g/mol. The van der Waals surface area contributed by atoms with E-state index in [2.05, 4.69) is 10.3 Å². The van der Waals surface area contributed by atoms with E-state index in [4.69, 9.17) is 5.73 Å². The predicted octanol–water partition coefficient (Wildman–Crippen LogP) is 1.62. The summed E-state index contributed by atoms with van der Waals surface area (Å²) >= 11 is 2.70. The second-order valence-electron chi connectivity index (χ2n) is 3.79. The molecule has 1 aromatic rings. The van der Waals surface area contributed by atoms with Crippen molar-refractivity contribution in [3.05, 3.63) is 5.69 Å². The largest absolute Gasteiger partial charge is 0.369 e. The van der Waals surface area contributed by atoms with Gasteiger partial charge in [0.2, 0.25) is 11.8 Å². The third-order valence-electron chi connectivity index (χ3n) is 1.85. The van der Waals surface area contributed by atoms with Crippen molar-refractivity contribution < 1.29 is 9.59 Å². The molecule has 3 N–H and O–H groups in total. The number of nitrogens with zero attached hydrogens (tertiary/aromatic N) is 1. The van der Waals surface area contributed by atoms with Gasteiger partial charge in [-0.25, -0.2) is 4.98 Å². The van der Waals surface area contributed by atoms with E-state index < -0.39 is 0 Å². The van der Waals surface area contributed by atoms with Gasteiger partial charge in [0.15, 0.2) is 5.13 Å². The van der Waals surface area contributed by atoms with E-state index in [9.17, 15) is 9.59 Å². The van der Waals surface area contributed by atoms with Gasteiger partial charge in [0.05, 0.1) is 15.7 Å². The number of aryl methyl sites for hydroxylation is 1. The third kappa shape index (κ3) is 4.35. The van der Waals surface area contributed by atoms with Crippen molar-refractivity contribution in [3.8, 4) is 0 Å². The van der Waals surface area contributed by atoms with Crippen molar-refractivity contribution in [2.45, 2.75) is 25.0 Å². The lowest BCUT2D eigenvalue weighted by molar-refractivity contribution is -0.119. The lowest BCUT2D eigenvalue weighted by Gasteiger charge is -2.02. The van der Waals surface area contributed by atoms with Crippen LogP contribution >= 0.6 is 23.1 Å². The van der Waals surface area contributed by atoms with Gasteiger partial charge in [-0.05, 0) is 6.92 Å². The molecule has 17 heavy (non-hydrogen) atoms. The van der Waals surface area contributed by atoms with Crippen molar-refractivity contribution in [2.75, 3.05) is 11.1 Å². The maximum absolute atomic E-state index is 11.5. The molecule has 94 valence electrons. The third-order valence-corrected chi connectivity index (χ3v) is 4.31. The summed E-state index contributed by atoms with van der Waals surface area (Å²) < 4.78 is 0.905. The number of aromatic nitrogens is 1. The van der Waals surface area contributed by atoms with Gasteiger partial charge in [-0.15, -0.1) is 11.8 Å². The average molecular weight is 273 g/mol. The lowest BCUT2D eigenvalue weighted by Crippen LogP contribution is -2.17. The van der Waals surface area contributed by atoms with Crippen LogP contribution in [0, 0.1) is 12.8 Å². The monoisotopic (exact) mass is 273 g/mol. The molecule has 0 saturated carbocycles. The van der Waals surface area contributed by atoms with E-state index in [0.29, 0.717) is 5.13 Å². The molecule has 0 fully saturated rings. The van der Waals surface area contributed by atoms with Crippen LogP contribution in [0.4, 0.5) is 5.13 Å². The number of hydrogen-bond acceptors (Lipinski definition) is 5. The maximum atomic E-state index is 11.5. The van der Waals surface area contributed by atoms with Gasteiger partial charge in [0.25, 0.3) is 0 Å². The zero-order valence-corrected chi connectivity index (χ0v) is 11.6. The van der Waals surface area contributed by atoms with Crippen LogP contribution in [0.15, 0.2) is 4.21 Å². The molecule has 0 aromatic carbocycles. The van der Waals surface area contributed by atoms with Crippen LogP contribution in [-0.2, 0) is 9.59 Å². The average Bonchev–Trinajstić information content (AvgIpc) is 2.55. The van der Waals surface area contributed by atoms with Crippen LogP contribution in [-0.4, -0.2) is 22.6 Å². The molecule has 2 amide bonds. The molecular formula is C10H15N3O2S2. The Hall–Kier alpha value is -1.08. The number of amides is 2. The van der Waals surface area contributed by atoms with Crippen LogP contribution in [0.25, 0.3) is 0 Å². The Kier molecular flexibility index (Phi) is 4.95. The molecule has 5 nitrogen and oxygen atoms in total. The number of nitrogens with two attached hydrogens (primary N) is 1. The van der Waals surface area contributed by atoms with E-state index in [0.717, 1.165) is 9.90 Å². The van der Waals surface area contributed by atoms with Crippen LogP contribution in [0.1, 0.15) is 19.5 Å². The minimum absolute atomic E-state index is 0.0646. The number of hydrogen-bond donors (Lipinski definition) is 2. The van der Waals surface area contributed by atoms with E-state index >= 15 is 0 Å². The highest BCUT2D eigenvalue weighted by Gasteiger charge is 2.13. The van der Waals surface area contributed by atoms with E-state index in [1.807, 2.05) is 20.8 Å². The van der Waals surface area contributed by atoms with Gasteiger partial charge in [-0.2, -0.15) is 0 Å². The fourth-order valence-corrected chi connectivity index (χ4v) is 2.84. The van der Waals surface area contributed by atoms with Gasteiger partial charge in [-0.3, -0.25) is 9.59 Å². The predicted molar refractivity (Wildman–Crippen MR) is 70.2 cm³/mol. The molecule has 0 aliphatic carbocycles. The Morgan fingerprint density at radius 2 is 2.18 bits per heavy atom. The SMILES string of the molecule is Cc1nc(NC(=O)C(C)C)sc1SCC(N)=O. The first-order valence-corrected chi connectivity index (χ1v) is 6.89. The number of thiazole rings is 1. The van der Waals surface area contributed by atoms with Gasteiger partial charge >= 0.3 is 0 Å². The lowest BCUT2D eigenvalue weighted by atomic mass is 10.2. The fraction of sp³-hybridized carbons (Fsp3) is 0.500. The molecule has 0 bridgehead atoms. The molecule has 1 aromatic heterocycles. The summed E-state index contributed by atoms with van der Waals surface area (Å²) in [6.07, 6.45) is 0. The molecule has 0 radical (unpaired) electrons. The van der Waals surface area contributed by atoms with Crippen LogP contribution < -0.4 is 11.1 Å². The van der Waals surface area contributed by atoms with Crippen molar-refractivity contribution in [1.29, 1.82) is 0 Å². The normalized spacial score (nSPS) is 10.6. The Bertz CT molecular complexity index is 429. The number of primary amides is 1. The minimum atomic E-state index is -0.365. The molecule has 0 spiro atoms. The summed E-state index contributed by atoms with van der Waals surface area (Å²) in [5, 5.41) is 3.29. The summed E-state index contributed by atoms with van der Waals surface area (Å²) in [6.45, 7) is 5.47. The quantitative estimate of drug-likeness (QED) is 0.798. The molecule has 1 rings (SSSR count). The standard InChI is InChI=1S/C10H15N3O2S2/c1-5(2)8(15)13-10-12-6(3)9(17-10)16-4-7(11)14/h5H,4H2,1-3H3,(H2,11,14)(H,12,13,15). The highest BCUT2D eigenvalue weighted by molar-refractivity contribution is 8.01. The van der Waals surface area contributed by atoms with E-state index in [-0.39, 0.29) is 23.5 Å². The fourth-order valence-electron chi connectivity index (χ4n) is 0.956. The second kappa shape index (κ2) is 6.02. The smallest absolute Gasteiger partial charge is 0.228 e. The number of nitrogens with one attached hydrogen (secondary N) is 1. The molecule has 0 saturated heterocycles. The Morgan fingerprint density at radius 1 is 1.53 bits per heavy atom. The molecule has 0 atom stereocenters. The Labute approximate surface area is 108 Å². The Morgan fingerprint density at radius 3 is 2.71 bits per heavy atom. The topological polar surface area (TPSA) is 85.1 Å². The zero-order valence-electron chi connectivity index (χ0n) is 9.94. The molecule has 0 unspecified atom stereocenters. The highest BCUT2D eigenvalue weighted by Crippen LogP contribution is 2.31. The van der Waals surface area contributed by atoms with E-state index in [1.165, 1.54) is 23.1 Å². The molecule has 0 aliphatic heterocycles. The van der Waals surface area contributed by atoms with Crippen molar-refractivity contribution in [3.63, 3.8) is 0 Å². The number of thioether (sulfide) groups is 1. The minimum Gasteiger partial charge on any atom is -0.369 e. The number of carbonyl (C=O) groups excluding carboxylic acids is 2. The number of anilines is 1. The summed E-state index contributed by atoms with van der Waals surface area (Å²) in [7, 11) is 0. The van der Waals surface area contributed by atoms with Crippen LogP contribution in [0.3, 0.4) is 0 Å². The van der Waals surface area contributed by atoms with E-state index in [1.54, 1.807) is 0 Å². The summed E-state index contributed by atoms with van der Waals surface area (Å²) in [5.41, 5.74) is 5.88. The van der Waals surface area contributed by atoms with Crippen molar-refractivity contribution in [1.82, 2.24) is 4.98 Å². The first-order chi connectivity index (χ1) is 7.90. The van der Waals surface area contributed by atoms with Crippen molar-refractivity contribution in [2.24, 2.45) is 11.7 Å². The van der Waals surface area contributed by atoms with Gasteiger partial charge < -0.3 is 11.1 Å². The highest BCUT2D eigenvalue weighted by atomic mass is 32.2. The second-order valence-corrected chi connectivity index (χ2v) is 6.03. The number of carbonyl (C=O) groups is 2. The maximum Gasteiger partial charge on any atom is 0.228 e. The van der Waals surface area contributed by atoms with Crippen molar-refractivity contribution >= 4 is 40.0 Å². The first-order valence-electron chi connectivity index (χ1n) is 5.09. The zero-order chi connectivity index (χ0) is 13.0. The summed E-state index contributed by atoms with van der Waals surface area (Å²) in [6, 6.07) is 0. The molecule has 7 heteroatoms. The molecule has 0 aliphatic rings. The molecule has 1 heterocycles.